The predicted octanol–water partition coefficient (Wildman–Crippen LogP) is 4.33. The highest BCUT2D eigenvalue weighted by atomic mass is 35.5. The zero-order valence-electron chi connectivity index (χ0n) is 17.1. The summed E-state index contributed by atoms with van der Waals surface area (Å²) in [6.45, 7) is 3.04. The van der Waals surface area contributed by atoms with Crippen molar-refractivity contribution in [2.24, 2.45) is 0 Å². The number of carbonyl (C=O) groups excluding carboxylic acids is 1. The Bertz CT molecular complexity index is 1220. The smallest absolute Gasteiger partial charge is 0.253 e. The molecule has 7 heteroatoms. The Hall–Kier alpha value is -2.67. The number of halogens is 1. The van der Waals surface area contributed by atoms with E-state index in [1.54, 1.807) is 0 Å². The van der Waals surface area contributed by atoms with Crippen molar-refractivity contribution >= 4 is 27.5 Å². The van der Waals surface area contributed by atoms with Crippen molar-refractivity contribution in [1.82, 2.24) is 9.62 Å². The summed E-state index contributed by atoms with van der Waals surface area (Å²) in [7, 11) is -3.75. The maximum Gasteiger partial charge on any atom is 0.253 e. The van der Waals surface area contributed by atoms with Crippen molar-refractivity contribution in [2.45, 2.75) is 31.3 Å². The van der Waals surface area contributed by atoms with Crippen molar-refractivity contribution in [2.75, 3.05) is 6.54 Å². The third-order valence-corrected chi connectivity index (χ3v) is 7.66. The normalized spacial score (nSPS) is 14.1. The molecular weight excluding hydrogens is 432 g/mol. The van der Waals surface area contributed by atoms with Crippen LogP contribution in [0.1, 0.15) is 32.6 Å². The molecule has 5 nitrogen and oxygen atoms in total. The van der Waals surface area contributed by atoms with Gasteiger partial charge in [-0.3, -0.25) is 4.79 Å². The van der Waals surface area contributed by atoms with Gasteiger partial charge < -0.3 is 5.32 Å². The summed E-state index contributed by atoms with van der Waals surface area (Å²) in [6, 6.07) is 19.9. The van der Waals surface area contributed by atoms with E-state index in [1.807, 2.05) is 55.5 Å². The topological polar surface area (TPSA) is 66.5 Å². The van der Waals surface area contributed by atoms with E-state index >= 15 is 0 Å². The Morgan fingerprint density at radius 3 is 2.48 bits per heavy atom. The van der Waals surface area contributed by atoms with E-state index in [1.165, 1.54) is 28.1 Å². The first-order valence-electron chi connectivity index (χ1n) is 10.0. The molecular formula is C24H23ClN2O3S. The average molecular weight is 455 g/mol. The number of fused-ring (bicyclic) bond motifs is 1. The molecule has 0 aromatic heterocycles. The summed E-state index contributed by atoms with van der Waals surface area (Å²) in [4.78, 5) is 12.8. The molecule has 4 rings (SSSR count). The van der Waals surface area contributed by atoms with Gasteiger partial charge in [0, 0.05) is 19.6 Å². The molecule has 0 atom stereocenters. The number of aryl methyl sites for hydroxylation is 1. The molecule has 0 fully saturated rings. The van der Waals surface area contributed by atoms with Gasteiger partial charge in [0.1, 0.15) is 0 Å². The van der Waals surface area contributed by atoms with Crippen LogP contribution in [0.3, 0.4) is 0 Å². The van der Waals surface area contributed by atoms with E-state index in [0.29, 0.717) is 26.1 Å². The highest BCUT2D eigenvalue weighted by Gasteiger charge is 2.29. The highest BCUT2D eigenvalue weighted by molar-refractivity contribution is 7.89. The van der Waals surface area contributed by atoms with Crippen molar-refractivity contribution < 1.29 is 13.2 Å². The Morgan fingerprint density at radius 2 is 1.74 bits per heavy atom. The van der Waals surface area contributed by atoms with E-state index < -0.39 is 15.9 Å². The first-order valence-corrected chi connectivity index (χ1v) is 11.9. The van der Waals surface area contributed by atoms with Crippen LogP contribution in [-0.4, -0.2) is 25.2 Å². The number of hydrogen-bond donors (Lipinski definition) is 1. The molecule has 31 heavy (non-hydrogen) atoms. The second kappa shape index (κ2) is 8.83. The van der Waals surface area contributed by atoms with Crippen LogP contribution < -0.4 is 5.32 Å². The van der Waals surface area contributed by atoms with Crippen LogP contribution in [0.25, 0.3) is 0 Å². The van der Waals surface area contributed by atoms with Gasteiger partial charge in [-0.25, -0.2) is 8.42 Å². The van der Waals surface area contributed by atoms with Gasteiger partial charge in [-0.2, -0.15) is 4.31 Å². The molecule has 1 amide bonds. The average Bonchev–Trinajstić information content (AvgIpc) is 2.78. The van der Waals surface area contributed by atoms with Gasteiger partial charge in [0.05, 0.1) is 15.5 Å². The first kappa shape index (κ1) is 21.6. The third kappa shape index (κ3) is 4.66. The second-order valence-corrected chi connectivity index (χ2v) is 10.0. The molecule has 1 heterocycles. The van der Waals surface area contributed by atoms with Crippen LogP contribution in [0, 0.1) is 6.92 Å². The summed E-state index contributed by atoms with van der Waals surface area (Å²) in [5, 5.41) is 3.03. The second-order valence-electron chi connectivity index (χ2n) is 7.67. The molecule has 0 spiro atoms. The maximum absolute atomic E-state index is 13.2. The molecule has 1 aliphatic heterocycles. The van der Waals surface area contributed by atoms with Gasteiger partial charge in [0.15, 0.2) is 0 Å². The fraction of sp³-hybridized carbons (Fsp3) is 0.208. The standard InChI is InChI=1S/C24H23ClN2O3S/c1-17-6-8-18(9-7-17)15-26-24(28)22-14-21(10-11-23(22)25)31(29,30)27-13-12-19-4-2-3-5-20(19)16-27/h2-11,14H,12-13,15-16H2,1H3,(H,26,28). The number of hydrogen-bond acceptors (Lipinski definition) is 3. The van der Waals surface area contributed by atoms with E-state index in [2.05, 4.69) is 5.32 Å². The molecule has 3 aromatic carbocycles. The van der Waals surface area contributed by atoms with Crippen molar-refractivity contribution in [3.05, 3.63) is 99.6 Å². The number of rotatable bonds is 5. The molecule has 0 radical (unpaired) electrons. The molecule has 1 N–H and O–H groups in total. The van der Waals surface area contributed by atoms with Crippen LogP contribution >= 0.6 is 11.6 Å². The quantitative estimate of drug-likeness (QED) is 0.624. The number of sulfonamides is 1. The summed E-state index contributed by atoms with van der Waals surface area (Å²) in [5.74, 6) is -0.411. The maximum atomic E-state index is 13.2. The lowest BCUT2D eigenvalue weighted by molar-refractivity contribution is 0.0951. The summed E-state index contributed by atoms with van der Waals surface area (Å²) in [6.07, 6.45) is 0.660. The molecule has 0 aliphatic carbocycles. The van der Waals surface area contributed by atoms with Crippen LogP contribution in [-0.2, 0) is 29.5 Å². The molecule has 160 valence electrons. The summed E-state index contributed by atoms with van der Waals surface area (Å²) >= 11 is 6.23. The summed E-state index contributed by atoms with van der Waals surface area (Å²) < 4.78 is 27.9. The van der Waals surface area contributed by atoms with Crippen LogP contribution in [0.4, 0.5) is 0 Å². The predicted molar refractivity (Wildman–Crippen MR) is 122 cm³/mol. The van der Waals surface area contributed by atoms with E-state index in [9.17, 15) is 13.2 Å². The fourth-order valence-electron chi connectivity index (χ4n) is 3.65. The van der Waals surface area contributed by atoms with E-state index in [4.69, 9.17) is 11.6 Å². The van der Waals surface area contributed by atoms with Gasteiger partial charge in [0.2, 0.25) is 10.0 Å². The van der Waals surface area contributed by atoms with Gasteiger partial charge in [-0.05, 0) is 48.2 Å². The number of amides is 1. The monoisotopic (exact) mass is 454 g/mol. The van der Waals surface area contributed by atoms with Gasteiger partial charge in [-0.1, -0.05) is 65.7 Å². The van der Waals surface area contributed by atoms with E-state index in [-0.39, 0.29) is 15.5 Å². The highest BCUT2D eigenvalue weighted by Crippen LogP contribution is 2.27. The minimum atomic E-state index is -3.75. The molecule has 3 aromatic rings. The third-order valence-electron chi connectivity index (χ3n) is 5.49. The minimum absolute atomic E-state index is 0.0665. The minimum Gasteiger partial charge on any atom is -0.348 e. The fourth-order valence-corrected chi connectivity index (χ4v) is 5.30. The Morgan fingerprint density at radius 1 is 1.03 bits per heavy atom. The Labute approximate surface area is 187 Å². The number of benzene rings is 3. The lowest BCUT2D eigenvalue weighted by atomic mass is 10.0. The largest absolute Gasteiger partial charge is 0.348 e. The van der Waals surface area contributed by atoms with Gasteiger partial charge in [0.25, 0.3) is 5.91 Å². The van der Waals surface area contributed by atoms with Crippen LogP contribution in [0.15, 0.2) is 71.6 Å². The number of nitrogens with one attached hydrogen (secondary N) is 1. The number of carbonyl (C=O) groups is 1. The number of nitrogens with zero attached hydrogens (tertiary/aromatic N) is 1. The zero-order chi connectivity index (χ0) is 22.0. The van der Waals surface area contributed by atoms with Crippen LogP contribution in [0.5, 0.6) is 0 Å². The van der Waals surface area contributed by atoms with Crippen molar-refractivity contribution in [3.63, 3.8) is 0 Å². The van der Waals surface area contributed by atoms with Gasteiger partial charge >= 0.3 is 0 Å². The molecule has 0 bridgehead atoms. The molecule has 1 aliphatic rings. The van der Waals surface area contributed by atoms with Crippen LogP contribution in [0.2, 0.25) is 5.02 Å². The Kier molecular flexibility index (Phi) is 6.14. The molecule has 0 saturated heterocycles. The Balaban J connectivity index is 1.54. The van der Waals surface area contributed by atoms with E-state index in [0.717, 1.165) is 16.7 Å². The zero-order valence-corrected chi connectivity index (χ0v) is 18.7. The lowest BCUT2D eigenvalue weighted by Gasteiger charge is -2.28. The SMILES string of the molecule is Cc1ccc(CNC(=O)c2cc(S(=O)(=O)N3CCc4ccccc4C3)ccc2Cl)cc1. The first-order chi connectivity index (χ1) is 14.8. The van der Waals surface area contributed by atoms with Gasteiger partial charge in [-0.15, -0.1) is 0 Å². The molecule has 0 unspecified atom stereocenters. The molecule has 0 saturated carbocycles. The lowest BCUT2D eigenvalue weighted by Crippen LogP contribution is -2.36. The van der Waals surface area contributed by atoms with Crippen molar-refractivity contribution in [1.29, 1.82) is 0 Å². The van der Waals surface area contributed by atoms with Crippen molar-refractivity contribution in [3.8, 4) is 0 Å². The summed E-state index contributed by atoms with van der Waals surface area (Å²) in [5.41, 5.74) is 4.40.